The van der Waals surface area contributed by atoms with E-state index in [1.165, 1.54) is 5.56 Å². The third-order valence-corrected chi connectivity index (χ3v) is 7.11. The number of fused-ring (bicyclic) bond motifs is 1. The molecule has 0 radical (unpaired) electrons. The Balaban J connectivity index is 1.61. The van der Waals surface area contributed by atoms with Crippen LogP contribution in [0.25, 0.3) is 0 Å². The predicted molar refractivity (Wildman–Crippen MR) is 140 cm³/mol. The maximum absolute atomic E-state index is 12.0. The minimum atomic E-state index is 0.0146. The van der Waals surface area contributed by atoms with Gasteiger partial charge in [-0.3, -0.25) is 4.79 Å². The summed E-state index contributed by atoms with van der Waals surface area (Å²) < 4.78 is 5.76. The number of methoxy groups -OCH3 is 1. The number of benzene rings is 2. The van der Waals surface area contributed by atoms with Gasteiger partial charge in [0.25, 0.3) is 0 Å². The van der Waals surface area contributed by atoms with Gasteiger partial charge in [-0.05, 0) is 61.7 Å². The summed E-state index contributed by atoms with van der Waals surface area (Å²) in [6, 6.07) is 15.0. The molecule has 2 heterocycles. The normalized spacial score (nSPS) is 20.8. The van der Waals surface area contributed by atoms with Gasteiger partial charge < -0.3 is 31.3 Å². The lowest BCUT2D eigenvalue weighted by Gasteiger charge is -2.44. The number of piperidine rings is 1. The van der Waals surface area contributed by atoms with E-state index in [4.69, 9.17) is 22.7 Å². The first kappa shape index (κ1) is 24.4. The van der Waals surface area contributed by atoms with E-state index in [-0.39, 0.29) is 24.0 Å². The van der Waals surface area contributed by atoms with Crippen LogP contribution in [-0.2, 0) is 11.2 Å². The van der Waals surface area contributed by atoms with Crippen LogP contribution in [0.3, 0.4) is 0 Å². The summed E-state index contributed by atoms with van der Waals surface area (Å²) in [6.45, 7) is 4.25. The predicted octanol–water partition coefficient (Wildman–Crippen LogP) is 3.27. The molecule has 3 unspecified atom stereocenters. The number of nitrogens with one attached hydrogen (secondary N) is 3. The van der Waals surface area contributed by atoms with E-state index in [9.17, 15) is 4.79 Å². The second-order valence-electron chi connectivity index (χ2n) is 9.01. The molecule has 0 aliphatic carbocycles. The van der Waals surface area contributed by atoms with Gasteiger partial charge >= 0.3 is 0 Å². The van der Waals surface area contributed by atoms with E-state index in [2.05, 4.69) is 64.2 Å². The zero-order chi connectivity index (χ0) is 24.1. The summed E-state index contributed by atoms with van der Waals surface area (Å²) in [5.41, 5.74) is 9.98. The summed E-state index contributed by atoms with van der Waals surface area (Å²) in [4.78, 5) is 14.3. The molecule has 0 saturated carbocycles. The molecule has 2 aromatic rings. The van der Waals surface area contributed by atoms with Gasteiger partial charge in [-0.15, -0.1) is 0 Å². The van der Waals surface area contributed by atoms with Crippen LogP contribution in [0.2, 0.25) is 0 Å². The maximum atomic E-state index is 12.0. The van der Waals surface area contributed by atoms with Gasteiger partial charge in [0, 0.05) is 49.4 Å². The lowest BCUT2D eigenvalue weighted by molar-refractivity contribution is -0.116. The van der Waals surface area contributed by atoms with Crippen molar-refractivity contribution in [3.8, 4) is 5.75 Å². The van der Waals surface area contributed by atoms with Crippen molar-refractivity contribution in [2.75, 3.05) is 32.1 Å². The minimum Gasteiger partial charge on any atom is -0.496 e. The van der Waals surface area contributed by atoms with E-state index in [1.807, 2.05) is 6.07 Å². The zero-order valence-electron chi connectivity index (χ0n) is 20.0. The molecule has 2 aliphatic heterocycles. The Labute approximate surface area is 207 Å². The highest BCUT2D eigenvalue weighted by atomic mass is 32.1. The molecular formula is C26H35N5O2S. The molecule has 0 spiro atoms. The van der Waals surface area contributed by atoms with Crippen molar-refractivity contribution in [3.05, 3.63) is 59.2 Å². The van der Waals surface area contributed by atoms with Gasteiger partial charge in [0.15, 0.2) is 5.11 Å². The second-order valence-corrected chi connectivity index (χ2v) is 9.39. The Morgan fingerprint density at radius 2 is 2.09 bits per heavy atom. The third kappa shape index (κ3) is 5.35. The minimum absolute atomic E-state index is 0.0146. The number of amides is 1. The molecule has 2 aliphatic rings. The zero-order valence-corrected chi connectivity index (χ0v) is 20.8. The van der Waals surface area contributed by atoms with Crippen molar-refractivity contribution in [1.82, 2.24) is 15.5 Å². The van der Waals surface area contributed by atoms with Crippen molar-refractivity contribution in [2.24, 2.45) is 5.73 Å². The molecule has 1 saturated heterocycles. The first-order valence-electron chi connectivity index (χ1n) is 12.1. The maximum Gasteiger partial charge on any atom is 0.224 e. The van der Waals surface area contributed by atoms with E-state index >= 15 is 0 Å². The molecule has 182 valence electrons. The Kier molecular flexibility index (Phi) is 8.03. The lowest BCUT2D eigenvalue weighted by Crippen LogP contribution is -2.53. The van der Waals surface area contributed by atoms with Crippen LogP contribution in [-0.4, -0.2) is 48.7 Å². The highest BCUT2D eigenvalue weighted by Crippen LogP contribution is 2.37. The number of carbonyl (C=O) groups is 1. The summed E-state index contributed by atoms with van der Waals surface area (Å²) in [7, 11) is 1.70. The average molecular weight is 482 g/mol. The lowest BCUT2D eigenvalue weighted by atomic mass is 9.89. The number of nitrogens with zero attached hydrogens (tertiary/aromatic N) is 1. The van der Waals surface area contributed by atoms with E-state index in [0.717, 1.165) is 53.5 Å². The fraction of sp³-hybridized carbons (Fsp3) is 0.462. The molecular weight excluding hydrogens is 446 g/mol. The number of likely N-dealkylation sites (tertiary alicyclic amines) is 1. The van der Waals surface area contributed by atoms with E-state index < -0.39 is 0 Å². The number of anilines is 1. The fourth-order valence-corrected chi connectivity index (χ4v) is 5.40. The van der Waals surface area contributed by atoms with Gasteiger partial charge in [0.1, 0.15) is 5.75 Å². The molecule has 0 bridgehead atoms. The van der Waals surface area contributed by atoms with Crippen LogP contribution in [0.5, 0.6) is 5.75 Å². The van der Waals surface area contributed by atoms with E-state index in [0.29, 0.717) is 19.5 Å². The molecule has 34 heavy (non-hydrogen) atoms. The van der Waals surface area contributed by atoms with Crippen molar-refractivity contribution in [3.63, 3.8) is 0 Å². The van der Waals surface area contributed by atoms with E-state index in [1.54, 1.807) is 7.11 Å². The number of ether oxygens (including phenoxy) is 1. The highest BCUT2D eigenvalue weighted by Gasteiger charge is 2.35. The molecule has 3 atom stereocenters. The Hall–Kier alpha value is -2.68. The molecule has 8 heteroatoms. The van der Waals surface area contributed by atoms with Crippen LogP contribution in [0.1, 0.15) is 55.0 Å². The number of hydrogen-bond donors (Lipinski definition) is 4. The topological polar surface area (TPSA) is 91.7 Å². The molecule has 1 amide bonds. The summed E-state index contributed by atoms with van der Waals surface area (Å²) >= 11 is 5.77. The van der Waals surface area contributed by atoms with Gasteiger partial charge in [0.2, 0.25) is 5.91 Å². The SMILES string of the molecule is COc1cc2c(cc1C(C)NC1CCCN(C(=S)NCCN)C1c1ccccc1)NC(=O)CC2. The van der Waals surface area contributed by atoms with Gasteiger partial charge in [-0.25, -0.2) is 0 Å². The number of rotatable bonds is 7. The molecule has 2 aromatic carbocycles. The molecule has 0 aromatic heterocycles. The van der Waals surface area contributed by atoms with Crippen molar-refractivity contribution in [1.29, 1.82) is 0 Å². The van der Waals surface area contributed by atoms with Crippen LogP contribution in [0, 0.1) is 0 Å². The third-order valence-electron chi connectivity index (χ3n) is 6.74. The first-order chi connectivity index (χ1) is 16.5. The fourth-order valence-electron chi connectivity index (χ4n) is 5.09. The second kappa shape index (κ2) is 11.2. The average Bonchev–Trinajstić information content (AvgIpc) is 2.86. The number of hydrogen-bond acceptors (Lipinski definition) is 5. The van der Waals surface area contributed by atoms with Crippen LogP contribution >= 0.6 is 12.2 Å². The smallest absolute Gasteiger partial charge is 0.224 e. The number of carbonyl (C=O) groups excluding carboxylic acids is 1. The summed E-state index contributed by atoms with van der Waals surface area (Å²) in [6.07, 6.45) is 3.32. The largest absolute Gasteiger partial charge is 0.496 e. The first-order valence-corrected chi connectivity index (χ1v) is 12.5. The van der Waals surface area contributed by atoms with Crippen LogP contribution in [0.4, 0.5) is 5.69 Å². The van der Waals surface area contributed by atoms with Crippen LogP contribution in [0.15, 0.2) is 42.5 Å². The standard InChI is InChI=1S/C26H35N5O2S/c1-17(20-16-22-19(15-23(20)33-2)10-11-24(32)30-22)29-21-9-6-14-31(26(34)28-13-12-27)25(21)18-7-4-3-5-8-18/h3-5,7-8,15-17,21,25,29H,6,9-14,27H2,1-2H3,(H,28,34)(H,30,32). The monoisotopic (exact) mass is 481 g/mol. The van der Waals surface area contributed by atoms with Crippen molar-refractivity contribution >= 4 is 28.9 Å². The van der Waals surface area contributed by atoms with Crippen molar-refractivity contribution < 1.29 is 9.53 Å². The van der Waals surface area contributed by atoms with Crippen molar-refractivity contribution in [2.45, 2.75) is 50.7 Å². The Morgan fingerprint density at radius 3 is 2.82 bits per heavy atom. The molecule has 5 N–H and O–H groups in total. The Bertz CT molecular complexity index is 1020. The highest BCUT2D eigenvalue weighted by molar-refractivity contribution is 7.80. The quantitative estimate of drug-likeness (QED) is 0.451. The number of aryl methyl sites for hydroxylation is 1. The van der Waals surface area contributed by atoms with Gasteiger partial charge in [-0.2, -0.15) is 0 Å². The Morgan fingerprint density at radius 1 is 1.29 bits per heavy atom. The van der Waals surface area contributed by atoms with Gasteiger partial charge in [-0.1, -0.05) is 30.3 Å². The molecule has 7 nitrogen and oxygen atoms in total. The summed E-state index contributed by atoms with van der Waals surface area (Å²) in [5.74, 6) is 0.911. The molecule has 4 rings (SSSR count). The summed E-state index contributed by atoms with van der Waals surface area (Å²) in [5, 5.41) is 10.9. The number of thiocarbonyl (C=S) groups is 1. The molecule has 1 fully saturated rings. The van der Waals surface area contributed by atoms with Gasteiger partial charge in [0.05, 0.1) is 13.2 Å². The number of nitrogens with two attached hydrogens (primary N) is 1. The van der Waals surface area contributed by atoms with Crippen LogP contribution < -0.4 is 26.4 Å².